The number of carbonyl (C=O) groups excluding carboxylic acids is 1. The van der Waals surface area contributed by atoms with Crippen LogP contribution in [-0.4, -0.2) is 37.7 Å². The summed E-state index contributed by atoms with van der Waals surface area (Å²) in [6.45, 7) is 0.665. The van der Waals surface area contributed by atoms with E-state index in [2.05, 4.69) is 20.2 Å². The molecule has 2 N–H and O–H groups in total. The van der Waals surface area contributed by atoms with Crippen LogP contribution in [0.3, 0.4) is 0 Å². The molecule has 1 heterocycles. The number of sulfonamides is 1. The molecule has 29 heavy (non-hydrogen) atoms. The Hall–Kier alpha value is -2.37. The standard InChI is InChI=1S/C18H17ClN4O4S2/c19-15-9-5-4-8-14(15)16(24)21-17-22-23-18(28-17)29(25,26)20-10-11-27-12-13-6-2-1-3-7-13/h1-9,20H,10-12H2,(H,21,22,24). The molecule has 1 aromatic heterocycles. The van der Waals surface area contributed by atoms with Gasteiger partial charge in [0.15, 0.2) is 0 Å². The van der Waals surface area contributed by atoms with E-state index in [-0.39, 0.29) is 33.2 Å². The number of carbonyl (C=O) groups is 1. The molecule has 0 atom stereocenters. The van der Waals surface area contributed by atoms with Crippen LogP contribution in [0.5, 0.6) is 0 Å². The lowest BCUT2D eigenvalue weighted by Crippen LogP contribution is -2.27. The predicted molar refractivity (Wildman–Crippen MR) is 111 cm³/mol. The fourth-order valence-corrected chi connectivity index (χ4v) is 4.42. The molecule has 11 heteroatoms. The maximum absolute atomic E-state index is 12.3. The van der Waals surface area contributed by atoms with Crippen molar-refractivity contribution in [2.75, 3.05) is 18.5 Å². The minimum absolute atomic E-state index is 0.0515. The molecule has 0 unspecified atom stereocenters. The maximum atomic E-state index is 12.3. The second-order valence-corrected chi connectivity index (χ2v) is 9.07. The third kappa shape index (κ3) is 6.05. The Kier molecular flexibility index (Phi) is 7.29. The van der Waals surface area contributed by atoms with E-state index in [1.165, 1.54) is 0 Å². The number of anilines is 1. The van der Waals surface area contributed by atoms with Crippen LogP contribution in [0.4, 0.5) is 5.13 Å². The van der Waals surface area contributed by atoms with Crippen LogP contribution in [0.2, 0.25) is 5.02 Å². The van der Waals surface area contributed by atoms with Gasteiger partial charge >= 0.3 is 0 Å². The van der Waals surface area contributed by atoms with E-state index in [0.717, 1.165) is 16.9 Å². The molecule has 0 saturated heterocycles. The van der Waals surface area contributed by atoms with Crippen molar-refractivity contribution in [3.8, 4) is 0 Å². The topological polar surface area (TPSA) is 110 Å². The number of halogens is 1. The highest BCUT2D eigenvalue weighted by atomic mass is 35.5. The molecule has 0 saturated carbocycles. The molecule has 3 rings (SSSR count). The van der Waals surface area contributed by atoms with Crippen molar-refractivity contribution in [1.29, 1.82) is 0 Å². The smallest absolute Gasteiger partial charge is 0.269 e. The lowest BCUT2D eigenvalue weighted by molar-refractivity contribution is 0.102. The van der Waals surface area contributed by atoms with Crippen LogP contribution in [0.15, 0.2) is 58.9 Å². The summed E-state index contributed by atoms with van der Waals surface area (Å²) in [4.78, 5) is 12.2. The minimum Gasteiger partial charge on any atom is -0.375 e. The first-order valence-electron chi connectivity index (χ1n) is 8.46. The quantitative estimate of drug-likeness (QED) is 0.381. The summed E-state index contributed by atoms with van der Waals surface area (Å²) in [6.07, 6.45) is 0. The van der Waals surface area contributed by atoms with E-state index < -0.39 is 15.9 Å². The summed E-state index contributed by atoms with van der Waals surface area (Å²) < 4.78 is 32.2. The van der Waals surface area contributed by atoms with Crippen LogP contribution >= 0.6 is 22.9 Å². The molecule has 2 aromatic carbocycles. The molecule has 0 radical (unpaired) electrons. The van der Waals surface area contributed by atoms with E-state index >= 15 is 0 Å². The average molecular weight is 453 g/mol. The fourth-order valence-electron chi connectivity index (χ4n) is 2.25. The highest BCUT2D eigenvalue weighted by Gasteiger charge is 2.21. The van der Waals surface area contributed by atoms with Crippen molar-refractivity contribution in [2.45, 2.75) is 10.9 Å². The highest BCUT2D eigenvalue weighted by molar-refractivity contribution is 7.91. The first-order chi connectivity index (χ1) is 14.0. The molecule has 8 nitrogen and oxygen atoms in total. The summed E-state index contributed by atoms with van der Waals surface area (Å²) in [5.41, 5.74) is 1.25. The first-order valence-corrected chi connectivity index (χ1v) is 11.1. The molecule has 0 aliphatic heterocycles. The van der Waals surface area contributed by atoms with Crippen molar-refractivity contribution in [1.82, 2.24) is 14.9 Å². The number of ether oxygens (including phenoxy) is 1. The van der Waals surface area contributed by atoms with E-state index in [0.29, 0.717) is 6.61 Å². The Labute approximate surface area is 176 Å². The van der Waals surface area contributed by atoms with Crippen LogP contribution in [0, 0.1) is 0 Å². The molecule has 3 aromatic rings. The van der Waals surface area contributed by atoms with Gasteiger partial charge in [0.05, 0.1) is 23.8 Å². The molecule has 0 fully saturated rings. The Morgan fingerprint density at radius 2 is 1.79 bits per heavy atom. The van der Waals surface area contributed by atoms with Gasteiger partial charge < -0.3 is 4.74 Å². The zero-order valence-electron chi connectivity index (χ0n) is 15.0. The van der Waals surface area contributed by atoms with Gasteiger partial charge in [-0.3, -0.25) is 10.1 Å². The number of hydrogen-bond acceptors (Lipinski definition) is 7. The molecule has 0 bridgehead atoms. The summed E-state index contributed by atoms with van der Waals surface area (Å²) in [5.74, 6) is -0.502. The van der Waals surface area contributed by atoms with E-state index in [1.807, 2.05) is 30.3 Å². The van der Waals surface area contributed by atoms with Gasteiger partial charge in [0.1, 0.15) is 0 Å². The van der Waals surface area contributed by atoms with Crippen molar-refractivity contribution in [2.24, 2.45) is 0 Å². The van der Waals surface area contributed by atoms with Gasteiger partial charge in [0, 0.05) is 6.54 Å². The molecule has 0 aliphatic rings. The second kappa shape index (κ2) is 9.90. The normalized spacial score (nSPS) is 11.3. The van der Waals surface area contributed by atoms with Gasteiger partial charge in [0.2, 0.25) is 9.47 Å². The van der Waals surface area contributed by atoms with Crippen LogP contribution < -0.4 is 10.0 Å². The number of aromatic nitrogens is 2. The number of amides is 1. The van der Waals surface area contributed by atoms with Crippen molar-refractivity contribution in [3.63, 3.8) is 0 Å². The number of benzene rings is 2. The zero-order valence-corrected chi connectivity index (χ0v) is 17.4. The van der Waals surface area contributed by atoms with Crippen molar-refractivity contribution >= 4 is 44.0 Å². The molecule has 152 valence electrons. The molecule has 1 amide bonds. The van der Waals surface area contributed by atoms with Gasteiger partial charge in [-0.1, -0.05) is 65.4 Å². The van der Waals surface area contributed by atoms with E-state index in [1.54, 1.807) is 24.3 Å². The summed E-state index contributed by atoms with van der Waals surface area (Å²) in [5, 5.41) is 10.2. The Bertz CT molecular complexity index is 1070. The summed E-state index contributed by atoms with van der Waals surface area (Å²) in [7, 11) is -3.86. The maximum Gasteiger partial charge on any atom is 0.269 e. The van der Waals surface area contributed by atoms with E-state index in [9.17, 15) is 13.2 Å². The zero-order chi connectivity index (χ0) is 20.7. The lowest BCUT2D eigenvalue weighted by Gasteiger charge is -2.05. The molecular formula is C18H17ClN4O4S2. The molecule has 0 spiro atoms. The Morgan fingerprint density at radius 1 is 1.07 bits per heavy atom. The first kappa shape index (κ1) is 21.3. The largest absolute Gasteiger partial charge is 0.375 e. The molecule has 0 aliphatic carbocycles. The Morgan fingerprint density at radius 3 is 2.55 bits per heavy atom. The third-order valence-corrected chi connectivity index (χ3v) is 6.62. The van der Waals surface area contributed by atoms with Crippen LogP contribution in [-0.2, 0) is 21.4 Å². The van der Waals surface area contributed by atoms with Gasteiger partial charge in [-0.15, -0.1) is 10.2 Å². The van der Waals surface area contributed by atoms with Crippen molar-refractivity contribution < 1.29 is 17.9 Å². The SMILES string of the molecule is O=C(Nc1nnc(S(=O)(=O)NCCOCc2ccccc2)s1)c1ccccc1Cl. The van der Waals surface area contributed by atoms with E-state index in [4.69, 9.17) is 16.3 Å². The number of rotatable bonds is 9. The second-order valence-electron chi connectivity index (χ2n) is 5.74. The third-order valence-electron chi connectivity index (χ3n) is 3.63. The highest BCUT2D eigenvalue weighted by Crippen LogP contribution is 2.22. The number of nitrogens with zero attached hydrogens (tertiary/aromatic N) is 2. The van der Waals surface area contributed by atoms with Gasteiger partial charge in [-0.2, -0.15) is 0 Å². The molecular weight excluding hydrogens is 436 g/mol. The number of nitrogens with one attached hydrogen (secondary N) is 2. The summed E-state index contributed by atoms with van der Waals surface area (Å²) >= 11 is 6.71. The van der Waals surface area contributed by atoms with Crippen LogP contribution in [0.25, 0.3) is 0 Å². The van der Waals surface area contributed by atoms with Gasteiger partial charge in [-0.25, -0.2) is 13.1 Å². The van der Waals surface area contributed by atoms with Gasteiger partial charge in [0.25, 0.3) is 15.9 Å². The number of hydrogen-bond donors (Lipinski definition) is 2. The summed E-state index contributed by atoms with van der Waals surface area (Å²) in [6, 6.07) is 16.0. The minimum atomic E-state index is -3.86. The predicted octanol–water partition coefficient (Wildman–Crippen LogP) is 2.94. The fraction of sp³-hybridized carbons (Fsp3) is 0.167. The Balaban J connectivity index is 1.50. The average Bonchev–Trinajstić information content (AvgIpc) is 3.18. The van der Waals surface area contributed by atoms with Gasteiger partial charge in [-0.05, 0) is 17.7 Å². The lowest BCUT2D eigenvalue weighted by atomic mass is 10.2. The van der Waals surface area contributed by atoms with Crippen LogP contribution in [0.1, 0.15) is 15.9 Å². The van der Waals surface area contributed by atoms with Crippen molar-refractivity contribution in [3.05, 3.63) is 70.7 Å². The monoisotopic (exact) mass is 452 g/mol.